The smallest absolute Gasteiger partial charge is 0.312 e. The second-order valence-electron chi connectivity index (χ2n) is 6.45. The van der Waals surface area contributed by atoms with Crippen molar-refractivity contribution in [2.75, 3.05) is 11.4 Å². The molecule has 2 aliphatic rings. The standard InChI is InChI=1S/C15H22N2O2S/c1-8-6-9(2)10(3)17(7-8)15-16-13-11(14(18)19)4-5-12(13)20-15/h8-11H,4-7H2,1-3H3,(H,18,19). The summed E-state index contributed by atoms with van der Waals surface area (Å²) in [5.41, 5.74) is 0.829. The topological polar surface area (TPSA) is 53.4 Å². The molecule has 5 heteroatoms. The van der Waals surface area contributed by atoms with E-state index in [4.69, 9.17) is 4.98 Å². The van der Waals surface area contributed by atoms with E-state index in [1.165, 1.54) is 11.3 Å². The van der Waals surface area contributed by atoms with Crippen LogP contribution in [0.2, 0.25) is 0 Å². The van der Waals surface area contributed by atoms with Gasteiger partial charge in [0.1, 0.15) is 5.92 Å². The number of aliphatic carboxylic acids is 1. The van der Waals surface area contributed by atoms with Gasteiger partial charge in [-0.15, -0.1) is 11.3 Å². The number of carboxylic acid groups (broad SMARTS) is 1. The Labute approximate surface area is 123 Å². The fraction of sp³-hybridized carbons (Fsp3) is 0.733. The number of piperidine rings is 1. The van der Waals surface area contributed by atoms with Crippen LogP contribution in [0.15, 0.2) is 0 Å². The molecule has 3 rings (SSSR count). The normalized spacial score (nSPS) is 33.2. The van der Waals surface area contributed by atoms with Crippen molar-refractivity contribution < 1.29 is 9.90 Å². The highest BCUT2D eigenvalue weighted by atomic mass is 32.1. The van der Waals surface area contributed by atoms with Gasteiger partial charge in [-0.05, 0) is 38.0 Å². The summed E-state index contributed by atoms with van der Waals surface area (Å²) < 4.78 is 0. The monoisotopic (exact) mass is 294 g/mol. The van der Waals surface area contributed by atoms with Crippen molar-refractivity contribution in [2.24, 2.45) is 11.8 Å². The number of carboxylic acids is 1. The molecular weight excluding hydrogens is 272 g/mol. The van der Waals surface area contributed by atoms with Crippen LogP contribution in [0.1, 0.15) is 50.1 Å². The Morgan fingerprint density at radius 2 is 2.15 bits per heavy atom. The molecule has 0 aromatic carbocycles. The molecule has 4 atom stereocenters. The Kier molecular flexibility index (Phi) is 3.48. The lowest BCUT2D eigenvalue weighted by Gasteiger charge is -2.41. The summed E-state index contributed by atoms with van der Waals surface area (Å²) in [4.78, 5) is 19.5. The molecule has 4 nitrogen and oxygen atoms in total. The van der Waals surface area contributed by atoms with Gasteiger partial charge in [-0.25, -0.2) is 4.98 Å². The summed E-state index contributed by atoms with van der Waals surface area (Å²) in [6.45, 7) is 7.89. The first-order valence-electron chi connectivity index (χ1n) is 7.46. The molecule has 1 saturated heterocycles. The number of rotatable bonds is 2. The molecule has 2 heterocycles. The van der Waals surface area contributed by atoms with E-state index in [0.717, 1.165) is 23.8 Å². The van der Waals surface area contributed by atoms with Crippen molar-refractivity contribution in [3.8, 4) is 0 Å². The van der Waals surface area contributed by atoms with Gasteiger partial charge in [0.25, 0.3) is 0 Å². The van der Waals surface area contributed by atoms with Gasteiger partial charge in [-0.3, -0.25) is 4.79 Å². The minimum absolute atomic E-state index is 0.384. The fourth-order valence-corrected chi connectivity index (χ4v) is 4.78. The number of anilines is 1. The maximum absolute atomic E-state index is 11.3. The van der Waals surface area contributed by atoms with Crippen LogP contribution in [0.3, 0.4) is 0 Å². The molecule has 1 aromatic rings. The van der Waals surface area contributed by atoms with Crippen LogP contribution < -0.4 is 4.90 Å². The summed E-state index contributed by atoms with van der Waals surface area (Å²) in [6.07, 6.45) is 2.85. The Bertz CT molecular complexity index is 528. The Morgan fingerprint density at radius 1 is 1.40 bits per heavy atom. The maximum atomic E-state index is 11.3. The molecule has 4 unspecified atom stereocenters. The van der Waals surface area contributed by atoms with Crippen molar-refractivity contribution in [2.45, 2.75) is 52.0 Å². The number of carbonyl (C=O) groups is 1. The third-order valence-corrected chi connectivity index (χ3v) is 6.02. The lowest BCUT2D eigenvalue weighted by Crippen LogP contribution is -2.45. The van der Waals surface area contributed by atoms with Crippen LogP contribution in [0, 0.1) is 11.8 Å². The molecule has 0 radical (unpaired) electrons. The van der Waals surface area contributed by atoms with Crippen LogP contribution in [-0.4, -0.2) is 28.6 Å². The zero-order chi connectivity index (χ0) is 14.4. The molecule has 1 aromatic heterocycles. The molecular formula is C15H22N2O2S. The van der Waals surface area contributed by atoms with E-state index in [-0.39, 0.29) is 5.92 Å². The van der Waals surface area contributed by atoms with Crippen molar-refractivity contribution in [1.29, 1.82) is 0 Å². The van der Waals surface area contributed by atoms with Crippen LogP contribution in [0.4, 0.5) is 5.13 Å². The maximum Gasteiger partial charge on any atom is 0.312 e. The first kappa shape index (κ1) is 13.9. The quantitative estimate of drug-likeness (QED) is 0.910. The predicted molar refractivity (Wildman–Crippen MR) is 80.6 cm³/mol. The Hall–Kier alpha value is -1.10. The van der Waals surface area contributed by atoms with Gasteiger partial charge in [-0.1, -0.05) is 13.8 Å². The molecule has 110 valence electrons. The van der Waals surface area contributed by atoms with Crippen LogP contribution in [0.5, 0.6) is 0 Å². The van der Waals surface area contributed by atoms with Gasteiger partial charge in [-0.2, -0.15) is 0 Å². The van der Waals surface area contributed by atoms with Gasteiger partial charge < -0.3 is 10.0 Å². The van der Waals surface area contributed by atoms with Gasteiger partial charge in [0.05, 0.1) is 5.69 Å². The lowest BCUT2D eigenvalue weighted by atomic mass is 9.86. The molecule has 1 fully saturated rings. The molecule has 0 bridgehead atoms. The van der Waals surface area contributed by atoms with E-state index < -0.39 is 5.97 Å². The van der Waals surface area contributed by atoms with Gasteiger partial charge in [0.15, 0.2) is 5.13 Å². The minimum atomic E-state index is -0.728. The summed E-state index contributed by atoms with van der Waals surface area (Å²) in [7, 11) is 0. The van der Waals surface area contributed by atoms with E-state index in [1.54, 1.807) is 11.3 Å². The van der Waals surface area contributed by atoms with Crippen LogP contribution in [0.25, 0.3) is 0 Å². The average Bonchev–Trinajstić information content (AvgIpc) is 2.92. The lowest BCUT2D eigenvalue weighted by molar-refractivity contribution is -0.138. The number of aryl methyl sites for hydroxylation is 1. The summed E-state index contributed by atoms with van der Waals surface area (Å²) in [6, 6.07) is 0.487. The number of nitrogens with zero attached hydrogens (tertiary/aromatic N) is 2. The summed E-state index contributed by atoms with van der Waals surface area (Å²) in [5.74, 6) is 0.224. The number of hydrogen-bond donors (Lipinski definition) is 1. The molecule has 0 spiro atoms. The number of aromatic nitrogens is 1. The van der Waals surface area contributed by atoms with Crippen molar-refractivity contribution in [1.82, 2.24) is 4.98 Å². The van der Waals surface area contributed by atoms with Crippen LogP contribution in [-0.2, 0) is 11.2 Å². The van der Waals surface area contributed by atoms with Gasteiger partial charge in [0, 0.05) is 17.5 Å². The van der Waals surface area contributed by atoms with Crippen molar-refractivity contribution in [3.05, 3.63) is 10.6 Å². The molecule has 1 N–H and O–H groups in total. The first-order chi connectivity index (χ1) is 9.47. The highest BCUT2D eigenvalue weighted by molar-refractivity contribution is 7.15. The second-order valence-corrected chi connectivity index (χ2v) is 7.51. The van der Waals surface area contributed by atoms with Crippen molar-refractivity contribution in [3.63, 3.8) is 0 Å². The fourth-order valence-electron chi connectivity index (χ4n) is 3.55. The zero-order valence-electron chi connectivity index (χ0n) is 12.3. The SMILES string of the molecule is CC1CC(C)C(C)N(c2nc3c(s2)CCC3C(=O)O)C1. The van der Waals surface area contributed by atoms with Gasteiger partial charge >= 0.3 is 5.97 Å². The van der Waals surface area contributed by atoms with Crippen molar-refractivity contribution >= 4 is 22.4 Å². The average molecular weight is 294 g/mol. The second kappa shape index (κ2) is 5.02. The first-order valence-corrected chi connectivity index (χ1v) is 8.28. The molecule has 0 amide bonds. The van der Waals surface area contributed by atoms with E-state index in [1.807, 2.05) is 0 Å². The number of hydrogen-bond acceptors (Lipinski definition) is 4. The zero-order valence-corrected chi connectivity index (χ0v) is 13.1. The highest BCUT2D eigenvalue weighted by Gasteiger charge is 2.36. The highest BCUT2D eigenvalue weighted by Crippen LogP contribution is 2.41. The Morgan fingerprint density at radius 3 is 2.85 bits per heavy atom. The largest absolute Gasteiger partial charge is 0.481 e. The summed E-state index contributed by atoms with van der Waals surface area (Å²) in [5, 5.41) is 10.3. The third-order valence-electron chi connectivity index (χ3n) is 4.85. The van der Waals surface area contributed by atoms with E-state index in [0.29, 0.717) is 24.3 Å². The molecule has 1 aliphatic heterocycles. The number of fused-ring (bicyclic) bond motifs is 1. The van der Waals surface area contributed by atoms with E-state index in [2.05, 4.69) is 25.7 Å². The summed E-state index contributed by atoms with van der Waals surface area (Å²) >= 11 is 1.71. The van der Waals surface area contributed by atoms with Gasteiger partial charge in [0.2, 0.25) is 0 Å². The predicted octanol–water partition coefficient (Wildman–Crippen LogP) is 3.13. The molecule has 20 heavy (non-hydrogen) atoms. The Balaban J connectivity index is 1.88. The molecule has 0 saturated carbocycles. The van der Waals surface area contributed by atoms with E-state index >= 15 is 0 Å². The van der Waals surface area contributed by atoms with Crippen LogP contribution >= 0.6 is 11.3 Å². The number of thiazole rings is 1. The van der Waals surface area contributed by atoms with E-state index in [9.17, 15) is 9.90 Å². The molecule has 1 aliphatic carbocycles. The minimum Gasteiger partial charge on any atom is -0.481 e. The third kappa shape index (κ3) is 2.22.